The molecule has 0 aromatic heterocycles. The second kappa shape index (κ2) is 4.62. The Balaban J connectivity index is 2.34. The number of hydrogen-bond acceptors (Lipinski definition) is 2. The van der Waals surface area contributed by atoms with Crippen LogP contribution in [0, 0.1) is 0 Å². The molecule has 2 N–H and O–H groups in total. The number of hydrazone groups is 1. The van der Waals surface area contributed by atoms with Gasteiger partial charge < -0.3 is 5.84 Å². The zero-order valence-corrected chi connectivity index (χ0v) is 9.22. The third-order valence-corrected chi connectivity index (χ3v) is 2.60. The van der Waals surface area contributed by atoms with Crippen LogP contribution in [0.1, 0.15) is 12.5 Å². The number of hydrogen-bond donors (Lipinski definition) is 1. The monoisotopic (exact) mass is 210 g/mol. The summed E-state index contributed by atoms with van der Waals surface area (Å²) in [7, 11) is 0. The molecule has 0 spiro atoms. The lowest BCUT2D eigenvalue weighted by Gasteiger charge is -2.03. The van der Waals surface area contributed by atoms with Gasteiger partial charge in [0.1, 0.15) is 0 Å². The summed E-state index contributed by atoms with van der Waals surface area (Å²) in [4.78, 5) is 0. The normalized spacial score (nSPS) is 11.4. The van der Waals surface area contributed by atoms with Crippen LogP contribution >= 0.6 is 0 Å². The van der Waals surface area contributed by atoms with Crippen LogP contribution in [0.5, 0.6) is 0 Å². The van der Waals surface area contributed by atoms with Gasteiger partial charge in [-0.1, -0.05) is 54.6 Å². The molecule has 0 fully saturated rings. The quantitative estimate of drug-likeness (QED) is 0.462. The van der Waals surface area contributed by atoms with Crippen LogP contribution in [0.15, 0.2) is 59.7 Å². The van der Waals surface area contributed by atoms with E-state index in [4.69, 9.17) is 5.84 Å². The molecule has 0 unspecified atom stereocenters. The van der Waals surface area contributed by atoms with Crippen molar-refractivity contribution in [1.29, 1.82) is 0 Å². The minimum absolute atomic E-state index is 0.847. The van der Waals surface area contributed by atoms with E-state index in [1.165, 1.54) is 11.1 Å². The van der Waals surface area contributed by atoms with E-state index >= 15 is 0 Å². The van der Waals surface area contributed by atoms with Crippen LogP contribution < -0.4 is 5.84 Å². The van der Waals surface area contributed by atoms with Gasteiger partial charge in [-0.3, -0.25) is 0 Å². The van der Waals surface area contributed by atoms with Crippen LogP contribution in [0.25, 0.3) is 11.1 Å². The van der Waals surface area contributed by atoms with Crippen molar-refractivity contribution in [1.82, 2.24) is 0 Å². The Hall–Kier alpha value is -2.09. The van der Waals surface area contributed by atoms with Crippen molar-refractivity contribution < 1.29 is 0 Å². The fraction of sp³-hybridized carbons (Fsp3) is 0.0714. The van der Waals surface area contributed by atoms with E-state index in [1.54, 1.807) is 0 Å². The Morgan fingerprint density at radius 1 is 0.875 bits per heavy atom. The maximum atomic E-state index is 5.24. The molecule has 0 bridgehead atoms. The van der Waals surface area contributed by atoms with Crippen molar-refractivity contribution in [2.45, 2.75) is 6.92 Å². The summed E-state index contributed by atoms with van der Waals surface area (Å²) < 4.78 is 0. The largest absolute Gasteiger partial charge is 0.323 e. The van der Waals surface area contributed by atoms with Crippen LogP contribution in [0.2, 0.25) is 0 Å². The molecule has 0 saturated carbocycles. The average Bonchev–Trinajstić information content (AvgIpc) is 2.39. The first-order valence-electron chi connectivity index (χ1n) is 5.21. The van der Waals surface area contributed by atoms with Gasteiger partial charge in [0.15, 0.2) is 0 Å². The molecule has 2 nitrogen and oxygen atoms in total. The minimum Gasteiger partial charge on any atom is -0.323 e. The molecule has 2 aromatic rings. The Bertz CT molecular complexity index is 484. The van der Waals surface area contributed by atoms with Crippen LogP contribution in [0.3, 0.4) is 0 Å². The van der Waals surface area contributed by atoms with Crippen molar-refractivity contribution in [3.05, 3.63) is 60.2 Å². The number of rotatable bonds is 2. The van der Waals surface area contributed by atoms with Gasteiger partial charge in [0.05, 0.1) is 5.71 Å². The highest BCUT2D eigenvalue weighted by molar-refractivity contribution is 5.98. The number of benzene rings is 2. The molecular weight excluding hydrogens is 196 g/mol. The Labute approximate surface area is 95.4 Å². The fourth-order valence-corrected chi connectivity index (χ4v) is 1.61. The highest BCUT2D eigenvalue weighted by Crippen LogP contribution is 2.19. The highest BCUT2D eigenvalue weighted by atomic mass is 15.1. The van der Waals surface area contributed by atoms with Gasteiger partial charge >= 0.3 is 0 Å². The second-order valence-corrected chi connectivity index (χ2v) is 3.66. The Morgan fingerprint density at radius 2 is 1.44 bits per heavy atom. The SMILES string of the molecule is C/C(=N/N)c1ccc(-c2ccccc2)cc1. The van der Waals surface area contributed by atoms with Gasteiger partial charge in [-0.05, 0) is 23.6 Å². The summed E-state index contributed by atoms with van der Waals surface area (Å²) in [5, 5.41) is 3.68. The topological polar surface area (TPSA) is 38.4 Å². The molecule has 0 amide bonds. The van der Waals surface area contributed by atoms with Gasteiger partial charge in [0.2, 0.25) is 0 Å². The van der Waals surface area contributed by atoms with Crippen LogP contribution in [0.4, 0.5) is 0 Å². The van der Waals surface area contributed by atoms with Gasteiger partial charge in [0.25, 0.3) is 0 Å². The summed E-state index contributed by atoms with van der Waals surface area (Å²) in [6.45, 7) is 1.90. The zero-order chi connectivity index (χ0) is 11.4. The maximum Gasteiger partial charge on any atom is 0.0641 e. The molecule has 0 atom stereocenters. The van der Waals surface area contributed by atoms with Crippen LogP contribution in [-0.2, 0) is 0 Å². The van der Waals surface area contributed by atoms with Gasteiger partial charge in [0, 0.05) is 0 Å². The van der Waals surface area contributed by atoms with E-state index in [0.717, 1.165) is 11.3 Å². The van der Waals surface area contributed by atoms with Gasteiger partial charge in [-0.25, -0.2) is 0 Å². The minimum atomic E-state index is 0.847. The summed E-state index contributed by atoms with van der Waals surface area (Å²) in [6.07, 6.45) is 0. The van der Waals surface area contributed by atoms with E-state index in [9.17, 15) is 0 Å². The molecule has 0 radical (unpaired) electrons. The van der Waals surface area contributed by atoms with Crippen molar-refractivity contribution >= 4 is 5.71 Å². The lowest BCUT2D eigenvalue weighted by Crippen LogP contribution is -1.98. The lowest BCUT2D eigenvalue weighted by atomic mass is 10.0. The maximum absolute atomic E-state index is 5.24. The molecule has 0 aliphatic carbocycles. The highest BCUT2D eigenvalue weighted by Gasteiger charge is 1.99. The fourth-order valence-electron chi connectivity index (χ4n) is 1.61. The van der Waals surface area contributed by atoms with Gasteiger partial charge in [-0.15, -0.1) is 0 Å². The number of nitrogens with zero attached hydrogens (tertiary/aromatic N) is 1. The zero-order valence-electron chi connectivity index (χ0n) is 9.22. The molecule has 0 aliphatic heterocycles. The first-order chi connectivity index (χ1) is 7.81. The van der Waals surface area contributed by atoms with Crippen LogP contribution in [-0.4, -0.2) is 5.71 Å². The smallest absolute Gasteiger partial charge is 0.0641 e. The van der Waals surface area contributed by atoms with E-state index in [1.807, 2.05) is 37.3 Å². The Kier molecular flexibility index (Phi) is 3.01. The lowest BCUT2D eigenvalue weighted by molar-refractivity contribution is 1.24. The molecule has 2 rings (SSSR count). The molecule has 0 saturated heterocycles. The summed E-state index contributed by atoms with van der Waals surface area (Å²) in [5.74, 6) is 5.24. The molecular formula is C14H14N2. The molecule has 2 aromatic carbocycles. The third kappa shape index (κ3) is 2.11. The van der Waals surface area contributed by atoms with Gasteiger partial charge in [-0.2, -0.15) is 5.10 Å². The summed E-state index contributed by atoms with van der Waals surface area (Å²) >= 11 is 0. The molecule has 16 heavy (non-hydrogen) atoms. The van der Waals surface area contributed by atoms with Crippen molar-refractivity contribution in [3.8, 4) is 11.1 Å². The van der Waals surface area contributed by atoms with Crippen molar-refractivity contribution in [3.63, 3.8) is 0 Å². The average molecular weight is 210 g/mol. The van der Waals surface area contributed by atoms with E-state index in [2.05, 4.69) is 29.4 Å². The van der Waals surface area contributed by atoms with Crippen molar-refractivity contribution in [2.24, 2.45) is 10.9 Å². The molecule has 0 aliphatic rings. The molecule has 80 valence electrons. The van der Waals surface area contributed by atoms with E-state index in [-0.39, 0.29) is 0 Å². The molecule has 2 heteroatoms. The van der Waals surface area contributed by atoms with E-state index < -0.39 is 0 Å². The Morgan fingerprint density at radius 3 is 2.00 bits per heavy atom. The standard InChI is InChI=1S/C14H14N2/c1-11(16-15)12-7-9-14(10-8-12)13-5-3-2-4-6-13/h2-10H,15H2,1H3/b16-11-. The van der Waals surface area contributed by atoms with E-state index in [0.29, 0.717) is 0 Å². The summed E-state index contributed by atoms with van der Waals surface area (Å²) in [6, 6.07) is 18.5. The summed E-state index contributed by atoms with van der Waals surface area (Å²) in [5.41, 5.74) is 4.33. The van der Waals surface area contributed by atoms with Crippen molar-refractivity contribution in [2.75, 3.05) is 0 Å². The second-order valence-electron chi connectivity index (χ2n) is 3.66. The number of nitrogens with two attached hydrogens (primary N) is 1. The predicted molar refractivity (Wildman–Crippen MR) is 68.3 cm³/mol. The first-order valence-corrected chi connectivity index (χ1v) is 5.21. The predicted octanol–water partition coefficient (Wildman–Crippen LogP) is 3.04. The third-order valence-electron chi connectivity index (χ3n) is 2.60. The molecule has 0 heterocycles. The first kappa shape index (κ1) is 10.4.